The lowest BCUT2D eigenvalue weighted by atomic mass is 10.2. The smallest absolute Gasteiger partial charge is 0.269 e. The molecule has 0 bridgehead atoms. The highest BCUT2D eigenvalue weighted by atomic mass is 32.1. The Balaban J connectivity index is 2.03. The predicted octanol–water partition coefficient (Wildman–Crippen LogP) is 3.17. The number of halogens is 1. The van der Waals surface area contributed by atoms with Gasteiger partial charge in [-0.05, 0) is 55.0 Å². The highest BCUT2D eigenvalue weighted by Gasteiger charge is 2.11. The van der Waals surface area contributed by atoms with Crippen LogP contribution in [0, 0.1) is 22.9 Å². The van der Waals surface area contributed by atoms with Gasteiger partial charge in [0.25, 0.3) is 11.6 Å². The number of nitro benzene ring substituents is 1. The molecule has 0 aliphatic heterocycles. The highest BCUT2D eigenvalue weighted by Crippen LogP contribution is 2.21. The normalized spacial score (nSPS) is 10.0. The lowest BCUT2D eigenvalue weighted by Gasteiger charge is -2.11. The molecule has 2 aromatic rings. The van der Waals surface area contributed by atoms with Crippen LogP contribution in [0.15, 0.2) is 42.5 Å². The van der Waals surface area contributed by atoms with Crippen LogP contribution in [-0.4, -0.2) is 15.9 Å². The van der Waals surface area contributed by atoms with Crippen molar-refractivity contribution in [2.45, 2.75) is 6.92 Å². The van der Waals surface area contributed by atoms with Crippen LogP contribution in [0.3, 0.4) is 0 Å². The molecule has 2 rings (SSSR count). The minimum absolute atomic E-state index is 0.0330. The number of rotatable bonds is 3. The van der Waals surface area contributed by atoms with Crippen molar-refractivity contribution in [1.29, 1.82) is 0 Å². The van der Waals surface area contributed by atoms with Crippen LogP contribution in [0.1, 0.15) is 15.9 Å². The molecule has 0 spiro atoms. The van der Waals surface area contributed by atoms with Gasteiger partial charge in [-0.15, -0.1) is 0 Å². The molecule has 1 amide bonds. The third-order valence-corrected chi connectivity index (χ3v) is 3.21. The molecule has 0 saturated carbocycles. The van der Waals surface area contributed by atoms with Gasteiger partial charge in [-0.3, -0.25) is 20.2 Å². The SMILES string of the molecule is Cc1cc([N+](=O)[O-])ccc1NC(=S)NC(=O)c1ccc(F)cc1. The van der Waals surface area contributed by atoms with E-state index < -0.39 is 16.6 Å². The summed E-state index contributed by atoms with van der Waals surface area (Å²) >= 11 is 5.03. The van der Waals surface area contributed by atoms with Gasteiger partial charge in [-0.1, -0.05) is 0 Å². The summed E-state index contributed by atoms with van der Waals surface area (Å²) in [7, 11) is 0. The number of non-ortho nitro benzene ring substituents is 1. The second kappa shape index (κ2) is 6.93. The van der Waals surface area contributed by atoms with Crippen molar-refractivity contribution in [1.82, 2.24) is 5.32 Å². The van der Waals surface area contributed by atoms with Crippen LogP contribution < -0.4 is 10.6 Å². The number of hydrogen-bond acceptors (Lipinski definition) is 4. The first-order chi connectivity index (χ1) is 10.9. The van der Waals surface area contributed by atoms with Crippen molar-refractivity contribution in [2.75, 3.05) is 5.32 Å². The zero-order valence-corrected chi connectivity index (χ0v) is 12.8. The monoisotopic (exact) mass is 333 g/mol. The van der Waals surface area contributed by atoms with Crippen molar-refractivity contribution >= 4 is 34.6 Å². The molecule has 0 unspecified atom stereocenters. The van der Waals surface area contributed by atoms with E-state index in [0.717, 1.165) is 0 Å². The molecule has 0 aliphatic rings. The molecule has 118 valence electrons. The maximum atomic E-state index is 12.8. The fourth-order valence-corrected chi connectivity index (χ4v) is 2.03. The van der Waals surface area contributed by atoms with Crippen LogP contribution in [0.2, 0.25) is 0 Å². The number of nitro groups is 1. The molecule has 0 radical (unpaired) electrons. The molecule has 2 aromatic carbocycles. The first kappa shape index (κ1) is 16.5. The van der Waals surface area contributed by atoms with E-state index in [4.69, 9.17) is 12.2 Å². The number of carbonyl (C=O) groups excluding carboxylic acids is 1. The largest absolute Gasteiger partial charge is 0.332 e. The van der Waals surface area contributed by atoms with Gasteiger partial charge in [-0.2, -0.15) is 0 Å². The van der Waals surface area contributed by atoms with Crippen LogP contribution >= 0.6 is 12.2 Å². The van der Waals surface area contributed by atoms with E-state index in [1.807, 2.05) is 0 Å². The molecule has 0 aliphatic carbocycles. The Bertz CT molecular complexity index is 778. The van der Waals surface area contributed by atoms with Gasteiger partial charge in [0.1, 0.15) is 5.82 Å². The first-order valence-corrected chi connectivity index (χ1v) is 6.90. The van der Waals surface area contributed by atoms with Gasteiger partial charge in [-0.25, -0.2) is 4.39 Å². The van der Waals surface area contributed by atoms with Gasteiger partial charge in [0.15, 0.2) is 5.11 Å². The fraction of sp³-hybridized carbons (Fsp3) is 0.0667. The number of hydrogen-bond donors (Lipinski definition) is 2. The molecular weight excluding hydrogens is 321 g/mol. The first-order valence-electron chi connectivity index (χ1n) is 6.50. The van der Waals surface area contributed by atoms with Crippen molar-refractivity contribution in [3.63, 3.8) is 0 Å². The lowest BCUT2D eigenvalue weighted by Crippen LogP contribution is -2.34. The Labute approximate surface area is 136 Å². The second-order valence-electron chi connectivity index (χ2n) is 4.67. The molecule has 2 N–H and O–H groups in total. The number of carbonyl (C=O) groups is 1. The number of thiocarbonyl (C=S) groups is 1. The van der Waals surface area contributed by atoms with Crippen molar-refractivity contribution in [2.24, 2.45) is 0 Å². The summed E-state index contributed by atoms with van der Waals surface area (Å²) in [6.07, 6.45) is 0. The summed E-state index contributed by atoms with van der Waals surface area (Å²) in [5, 5.41) is 16.0. The van der Waals surface area contributed by atoms with Crippen molar-refractivity contribution in [3.05, 3.63) is 69.5 Å². The minimum Gasteiger partial charge on any atom is -0.332 e. The van der Waals surface area contributed by atoms with E-state index in [2.05, 4.69) is 10.6 Å². The van der Waals surface area contributed by atoms with Gasteiger partial charge in [0.2, 0.25) is 0 Å². The minimum atomic E-state index is -0.495. The van der Waals surface area contributed by atoms with Gasteiger partial charge in [0.05, 0.1) is 4.92 Å². The zero-order valence-electron chi connectivity index (χ0n) is 12.0. The molecule has 0 heterocycles. The molecular formula is C15H12FN3O3S. The Morgan fingerprint density at radius 3 is 2.43 bits per heavy atom. The van der Waals surface area contributed by atoms with Crippen molar-refractivity contribution in [3.8, 4) is 0 Å². The van der Waals surface area contributed by atoms with Gasteiger partial charge >= 0.3 is 0 Å². The third kappa shape index (κ3) is 4.30. The van der Waals surface area contributed by atoms with Crippen LogP contribution in [0.25, 0.3) is 0 Å². The summed E-state index contributed by atoms with van der Waals surface area (Å²) in [6.45, 7) is 1.68. The lowest BCUT2D eigenvalue weighted by molar-refractivity contribution is -0.384. The third-order valence-electron chi connectivity index (χ3n) is 3.00. The van der Waals surface area contributed by atoms with E-state index >= 15 is 0 Å². The Hall–Kier alpha value is -2.87. The Morgan fingerprint density at radius 2 is 1.87 bits per heavy atom. The average Bonchev–Trinajstić information content (AvgIpc) is 2.49. The number of nitrogens with zero attached hydrogens (tertiary/aromatic N) is 1. The van der Waals surface area contributed by atoms with E-state index in [1.165, 1.54) is 42.5 Å². The topological polar surface area (TPSA) is 84.3 Å². The standard InChI is InChI=1S/C15H12FN3O3S/c1-9-8-12(19(21)22)6-7-13(9)17-15(23)18-14(20)10-2-4-11(16)5-3-10/h2-8H,1H3,(H2,17,18,20,23). The second-order valence-corrected chi connectivity index (χ2v) is 5.08. The predicted molar refractivity (Wildman–Crippen MR) is 87.9 cm³/mol. The van der Waals surface area contributed by atoms with Crippen LogP contribution in [-0.2, 0) is 0 Å². The summed E-state index contributed by atoms with van der Waals surface area (Å²) < 4.78 is 12.8. The molecule has 0 fully saturated rings. The molecule has 0 aromatic heterocycles. The van der Waals surface area contributed by atoms with Crippen molar-refractivity contribution < 1.29 is 14.1 Å². The van der Waals surface area contributed by atoms with Gasteiger partial charge < -0.3 is 5.32 Å². The molecule has 23 heavy (non-hydrogen) atoms. The highest BCUT2D eigenvalue weighted by molar-refractivity contribution is 7.80. The zero-order chi connectivity index (χ0) is 17.0. The summed E-state index contributed by atoms with van der Waals surface area (Å²) in [6, 6.07) is 9.25. The maximum Gasteiger partial charge on any atom is 0.269 e. The van der Waals surface area contributed by atoms with Crippen LogP contribution in [0.4, 0.5) is 15.8 Å². The molecule has 8 heteroatoms. The Morgan fingerprint density at radius 1 is 1.22 bits per heavy atom. The number of anilines is 1. The number of benzene rings is 2. The van der Waals surface area contributed by atoms with Crippen LogP contribution in [0.5, 0.6) is 0 Å². The molecule has 6 nitrogen and oxygen atoms in total. The fourth-order valence-electron chi connectivity index (χ4n) is 1.83. The maximum absolute atomic E-state index is 12.8. The summed E-state index contributed by atoms with van der Waals surface area (Å²) in [5.41, 5.74) is 1.38. The Kier molecular flexibility index (Phi) is 4.97. The summed E-state index contributed by atoms with van der Waals surface area (Å²) in [4.78, 5) is 22.1. The number of amides is 1. The molecule has 0 atom stereocenters. The van der Waals surface area contributed by atoms with Gasteiger partial charge in [0, 0.05) is 23.4 Å². The quantitative estimate of drug-likeness (QED) is 0.512. The van der Waals surface area contributed by atoms with E-state index in [9.17, 15) is 19.3 Å². The summed E-state index contributed by atoms with van der Waals surface area (Å²) in [5.74, 6) is -0.925. The van der Waals surface area contributed by atoms with E-state index in [0.29, 0.717) is 11.3 Å². The molecule has 0 saturated heterocycles. The number of nitrogens with one attached hydrogen (secondary N) is 2. The van der Waals surface area contributed by atoms with E-state index in [1.54, 1.807) is 6.92 Å². The average molecular weight is 333 g/mol. The van der Waals surface area contributed by atoms with E-state index in [-0.39, 0.29) is 16.4 Å². The number of aryl methyl sites for hydroxylation is 1.